The van der Waals surface area contributed by atoms with Crippen molar-refractivity contribution in [1.82, 2.24) is 9.88 Å². The maximum Gasteiger partial charge on any atom is 0.406 e. The highest BCUT2D eigenvalue weighted by molar-refractivity contribution is 5.93. The molecule has 1 aromatic rings. The number of nitrogen functional groups attached to an aromatic ring is 1. The van der Waals surface area contributed by atoms with Crippen LogP contribution >= 0.6 is 0 Å². The van der Waals surface area contributed by atoms with Gasteiger partial charge in [0.15, 0.2) is 0 Å². The van der Waals surface area contributed by atoms with E-state index in [2.05, 4.69) is 4.98 Å². The van der Waals surface area contributed by atoms with Gasteiger partial charge in [-0.05, 0) is 25.0 Å². The van der Waals surface area contributed by atoms with Crippen molar-refractivity contribution in [2.24, 2.45) is 0 Å². The van der Waals surface area contributed by atoms with Crippen LogP contribution in [-0.2, 0) is 0 Å². The zero-order chi connectivity index (χ0) is 13.3. The SMILES string of the molecule is Nc1ccnc(C(=O)N(CC(F)(F)F)C2CC2)c1. The summed E-state index contributed by atoms with van der Waals surface area (Å²) in [6.07, 6.45) is -1.89. The standard InChI is InChI=1S/C11H12F3N3O/c12-11(13,14)6-17(8-1-2-8)10(18)9-5-7(15)3-4-16-9/h3-5,8H,1-2,6H2,(H2,15,16). The van der Waals surface area contributed by atoms with Crippen LogP contribution in [0.25, 0.3) is 0 Å². The minimum absolute atomic E-state index is 0.0499. The number of carbonyl (C=O) groups excluding carboxylic acids is 1. The Morgan fingerprint density at radius 1 is 1.50 bits per heavy atom. The molecule has 0 bridgehead atoms. The molecule has 0 unspecified atom stereocenters. The molecule has 18 heavy (non-hydrogen) atoms. The van der Waals surface area contributed by atoms with Gasteiger partial charge in [0.25, 0.3) is 5.91 Å². The number of aromatic nitrogens is 1. The van der Waals surface area contributed by atoms with Gasteiger partial charge in [0.2, 0.25) is 0 Å². The molecule has 1 aromatic heterocycles. The molecule has 0 aliphatic heterocycles. The van der Waals surface area contributed by atoms with Crippen molar-refractivity contribution in [3.63, 3.8) is 0 Å². The molecule has 1 amide bonds. The highest BCUT2D eigenvalue weighted by Crippen LogP contribution is 2.31. The topological polar surface area (TPSA) is 59.2 Å². The van der Waals surface area contributed by atoms with E-state index in [4.69, 9.17) is 5.73 Å². The van der Waals surface area contributed by atoms with Crippen molar-refractivity contribution in [3.8, 4) is 0 Å². The second-order valence-electron chi connectivity index (χ2n) is 4.25. The van der Waals surface area contributed by atoms with Gasteiger partial charge in [-0.3, -0.25) is 9.78 Å². The zero-order valence-corrected chi connectivity index (χ0v) is 9.44. The van der Waals surface area contributed by atoms with E-state index in [-0.39, 0.29) is 11.7 Å². The molecule has 2 rings (SSSR count). The van der Waals surface area contributed by atoms with Gasteiger partial charge in [-0.15, -0.1) is 0 Å². The van der Waals surface area contributed by atoms with E-state index in [0.29, 0.717) is 18.5 Å². The van der Waals surface area contributed by atoms with E-state index in [1.54, 1.807) is 0 Å². The lowest BCUT2D eigenvalue weighted by molar-refractivity contribution is -0.141. The molecule has 2 N–H and O–H groups in total. The molecule has 1 aliphatic carbocycles. The number of anilines is 1. The van der Waals surface area contributed by atoms with E-state index in [1.807, 2.05) is 0 Å². The molecule has 1 fully saturated rings. The molecule has 7 heteroatoms. The highest BCUT2D eigenvalue weighted by Gasteiger charge is 2.41. The lowest BCUT2D eigenvalue weighted by atomic mass is 10.2. The molecule has 0 saturated heterocycles. The van der Waals surface area contributed by atoms with Gasteiger partial charge < -0.3 is 10.6 Å². The number of alkyl halides is 3. The number of hydrogen-bond acceptors (Lipinski definition) is 3. The molecule has 0 spiro atoms. The molecule has 1 aliphatic rings. The molecule has 1 heterocycles. The van der Waals surface area contributed by atoms with Crippen LogP contribution in [0.3, 0.4) is 0 Å². The molecule has 98 valence electrons. The Bertz CT molecular complexity index is 457. The summed E-state index contributed by atoms with van der Waals surface area (Å²) >= 11 is 0. The molecule has 1 saturated carbocycles. The van der Waals surface area contributed by atoms with E-state index in [1.165, 1.54) is 18.3 Å². The van der Waals surface area contributed by atoms with Crippen molar-refractivity contribution in [2.75, 3.05) is 12.3 Å². The van der Waals surface area contributed by atoms with Crippen molar-refractivity contribution < 1.29 is 18.0 Å². The van der Waals surface area contributed by atoms with Crippen LogP contribution in [0, 0.1) is 0 Å². The maximum atomic E-state index is 12.4. The number of halogens is 3. The number of carbonyl (C=O) groups is 1. The molecular weight excluding hydrogens is 247 g/mol. The van der Waals surface area contributed by atoms with Gasteiger partial charge in [-0.25, -0.2) is 0 Å². The number of nitrogens with two attached hydrogens (primary N) is 1. The second kappa shape index (κ2) is 4.47. The fourth-order valence-corrected chi connectivity index (χ4v) is 1.66. The summed E-state index contributed by atoms with van der Waals surface area (Å²) in [7, 11) is 0. The summed E-state index contributed by atoms with van der Waals surface area (Å²) in [5.74, 6) is -0.720. The molecule has 4 nitrogen and oxygen atoms in total. The Labute approximate surface area is 102 Å². The van der Waals surface area contributed by atoms with Crippen molar-refractivity contribution in [2.45, 2.75) is 25.1 Å². The monoisotopic (exact) mass is 259 g/mol. The average molecular weight is 259 g/mol. The second-order valence-corrected chi connectivity index (χ2v) is 4.25. The van der Waals surface area contributed by atoms with Gasteiger partial charge in [-0.1, -0.05) is 0 Å². The van der Waals surface area contributed by atoms with Gasteiger partial charge in [-0.2, -0.15) is 13.2 Å². The fourth-order valence-electron chi connectivity index (χ4n) is 1.66. The largest absolute Gasteiger partial charge is 0.406 e. The minimum atomic E-state index is -4.40. The first-order valence-electron chi connectivity index (χ1n) is 5.46. The quantitative estimate of drug-likeness (QED) is 0.900. The van der Waals surface area contributed by atoms with Crippen LogP contribution in [0.1, 0.15) is 23.3 Å². The van der Waals surface area contributed by atoms with Crippen molar-refractivity contribution >= 4 is 11.6 Å². The molecule has 0 aromatic carbocycles. The Morgan fingerprint density at radius 3 is 2.67 bits per heavy atom. The van der Waals surface area contributed by atoms with E-state index >= 15 is 0 Å². The first-order valence-corrected chi connectivity index (χ1v) is 5.46. The predicted molar refractivity (Wildman–Crippen MR) is 58.8 cm³/mol. The maximum absolute atomic E-state index is 12.4. The van der Waals surface area contributed by atoms with Crippen LogP contribution in [0.15, 0.2) is 18.3 Å². The zero-order valence-electron chi connectivity index (χ0n) is 9.44. The van der Waals surface area contributed by atoms with Crippen LogP contribution in [0.5, 0.6) is 0 Å². The lowest BCUT2D eigenvalue weighted by Gasteiger charge is -2.23. The van der Waals surface area contributed by atoms with E-state index < -0.39 is 18.6 Å². The molecular formula is C11H12F3N3O. The number of amides is 1. The van der Waals surface area contributed by atoms with E-state index in [9.17, 15) is 18.0 Å². The summed E-state index contributed by atoms with van der Waals surface area (Å²) in [5.41, 5.74) is 5.73. The predicted octanol–water partition coefficient (Wildman–Crippen LogP) is 1.83. The third-order valence-electron chi connectivity index (χ3n) is 2.60. The number of nitrogens with zero attached hydrogens (tertiary/aromatic N) is 2. The van der Waals surface area contributed by atoms with Crippen molar-refractivity contribution in [1.29, 1.82) is 0 Å². The van der Waals surface area contributed by atoms with Crippen LogP contribution in [-0.4, -0.2) is 34.6 Å². The van der Waals surface area contributed by atoms with Crippen LogP contribution in [0.4, 0.5) is 18.9 Å². The lowest BCUT2D eigenvalue weighted by Crippen LogP contribution is -2.40. The Hall–Kier alpha value is -1.79. The van der Waals surface area contributed by atoms with Crippen molar-refractivity contribution in [3.05, 3.63) is 24.0 Å². The molecule has 0 radical (unpaired) electrons. The number of hydrogen-bond donors (Lipinski definition) is 1. The minimum Gasteiger partial charge on any atom is -0.399 e. The summed E-state index contributed by atoms with van der Waals surface area (Å²) in [6.45, 7) is -1.24. The Kier molecular flexibility index (Phi) is 3.14. The highest BCUT2D eigenvalue weighted by atomic mass is 19.4. The normalized spacial score (nSPS) is 15.5. The van der Waals surface area contributed by atoms with Gasteiger partial charge in [0.05, 0.1) is 0 Å². The summed E-state index contributed by atoms with van der Waals surface area (Å²) in [5, 5.41) is 0. The first kappa shape index (κ1) is 12.7. The van der Waals surface area contributed by atoms with E-state index in [0.717, 1.165) is 4.90 Å². The average Bonchev–Trinajstić information content (AvgIpc) is 3.07. The summed E-state index contributed by atoms with van der Waals surface area (Å²) < 4.78 is 37.2. The smallest absolute Gasteiger partial charge is 0.399 e. The Balaban J connectivity index is 2.18. The Morgan fingerprint density at radius 2 is 2.17 bits per heavy atom. The van der Waals surface area contributed by atoms with Gasteiger partial charge >= 0.3 is 6.18 Å². The summed E-state index contributed by atoms with van der Waals surface area (Å²) in [6, 6.07) is 2.43. The first-order chi connectivity index (χ1) is 8.37. The molecule has 0 atom stereocenters. The number of pyridine rings is 1. The van der Waals surface area contributed by atoms with Gasteiger partial charge in [0.1, 0.15) is 12.2 Å². The number of rotatable bonds is 3. The van der Waals surface area contributed by atoms with Crippen LogP contribution in [0.2, 0.25) is 0 Å². The third-order valence-corrected chi connectivity index (χ3v) is 2.60. The van der Waals surface area contributed by atoms with Crippen LogP contribution < -0.4 is 5.73 Å². The third kappa shape index (κ3) is 3.12. The fraction of sp³-hybridized carbons (Fsp3) is 0.455. The summed E-state index contributed by atoms with van der Waals surface area (Å²) in [4.78, 5) is 16.5. The van der Waals surface area contributed by atoms with Gasteiger partial charge in [0, 0.05) is 17.9 Å².